The summed E-state index contributed by atoms with van der Waals surface area (Å²) in [7, 11) is 0. The lowest BCUT2D eigenvalue weighted by molar-refractivity contribution is 0.0531. The molecule has 0 unspecified atom stereocenters. The summed E-state index contributed by atoms with van der Waals surface area (Å²) in [4.78, 5) is 4.70. The minimum Gasteiger partial charge on any atom is -0.454 e. The van der Waals surface area contributed by atoms with E-state index in [1.165, 1.54) is 11.1 Å². The van der Waals surface area contributed by atoms with Crippen molar-refractivity contribution in [1.82, 2.24) is 0 Å². The minimum atomic E-state index is -0.114. The van der Waals surface area contributed by atoms with Gasteiger partial charge in [0.2, 0.25) is 6.79 Å². The van der Waals surface area contributed by atoms with Crippen LogP contribution in [0.4, 0.5) is 5.69 Å². The number of nitrogens with zero attached hydrogens (tertiary/aromatic N) is 1. The lowest BCUT2D eigenvalue weighted by Gasteiger charge is -2.36. The normalized spacial score (nSPS) is 17.5. The number of rotatable bonds is 5. The van der Waals surface area contributed by atoms with Crippen molar-refractivity contribution in [3.8, 4) is 11.5 Å². The maximum atomic E-state index is 6.20. The van der Waals surface area contributed by atoms with Crippen LogP contribution in [0, 0.1) is 0 Å². The summed E-state index contributed by atoms with van der Waals surface area (Å²) < 4.78 is 16.6. The van der Waals surface area contributed by atoms with Crippen molar-refractivity contribution in [2.45, 2.75) is 31.6 Å². The van der Waals surface area contributed by atoms with Crippen molar-refractivity contribution in [3.05, 3.63) is 53.6 Å². The molecular weight excluding hydrogens is 481 g/mol. The van der Waals surface area contributed by atoms with Crippen molar-refractivity contribution in [1.29, 1.82) is 0 Å². The van der Waals surface area contributed by atoms with Gasteiger partial charge in [-0.25, -0.2) is 0 Å². The van der Waals surface area contributed by atoms with Gasteiger partial charge in [0, 0.05) is 24.3 Å². The van der Waals surface area contributed by atoms with Crippen molar-refractivity contribution < 1.29 is 14.2 Å². The molecule has 6 nitrogen and oxygen atoms in total. The smallest absolute Gasteiger partial charge is 0.231 e. The highest BCUT2D eigenvalue weighted by molar-refractivity contribution is 14.0. The second kappa shape index (κ2) is 9.67. The van der Waals surface area contributed by atoms with Gasteiger partial charge in [-0.15, -0.1) is 24.0 Å². The molecule has 1 saturated heterocycles. The van der Waals surface area contributed by atoms with Gasteiger partial charge in [-0.1, -0.05) is 25.1 Å². The number of nitrogens with one attached hydrogen (secondary N) is 1. The van der Waals surface area contributed by atoms with Crippen LogP contribution in [0.25, 0.3) is 0 Å². The van der Waals surface area contributed by atoms with E-state index in [-0.39, 0.29) is 36.2 Å². The summed E-state index contributed by atoms with van der Waals surface area (Å²) in [6, 6.07) is 14.4. The van der Waals surface area contributed by atoms with Gasteiger partial charge in [0.1, 0.15) is 0 Å². The van der Waals surface area contributed by atoms with E-state index in [2.05, 4.69) is 36.5 Å². The molecule has 0 saturated carbocycles. The van der Waals surface area contributed by atoms with Crippen LogP contribution in [0.15, 0.2) is 47.5 Å². The van der Waals surface area contributed by atoms with E-state index in [4.69, 9.17) is 24.9 Å². The van der Waals surface area contributed by atoms with Gasteiger partial charge in [0.05, 0.1) is 6.54 Å². The lowest BCUT2D eigenvalue weighted by atomic mass is 9.74. The number of ether oxygens (including phenoxy) is 3. The molecule has 0 radical (unpaired) electrons. The molecule has 2 aliphatic heterocycles. The van der Waals surface area contributed by atoms with E-state index in [0.717, 1.165) is 49.7 Å². The van der Waals surface area contributed by atoms with Gasteiger partial charge in [0.15, 0.2) is 17.5 Å². The average Bonchev–Trinajstić information content (AvgIpc) is 3.21. The average molecular weight is 509 g/mol. The molecule has 0 aliphatic carbocycles. The van der Waals surface area contributed by atoms with Gasteiger partial charge < -0.3 is 25.3 Å². The highest BCUT2D eigenvalue weighted by atomic mass is 127. The number of anilines is 1. The molecule has 2 aromatic rings. The fourth-order valence-corrected chi connectivity index (χ4v) is 3.82. The van der Waals surface area contributed by atoms with Crippen molar-refractivity contribution in [3.63, 3.8) is 0 Å². The molecule has 29 heavy (non-hydrogen) atoms. The standard InChI is InChI=1S/C22H27N3O3.HI/c1-2-16-4-3-5-18(12-16)25-21(23)24-14-22(8-10-26-11-9-22)17-6-7-19-20(13-17)28-15-27-19;/h3-7,12-13H,2,8-11,14-15H2,1H3,(H3,23,24,25);1H. The van der Waals surface area contributed by atoms with Gasteiger partial charge in [0.25, 0.3) is 0 Å². The number of halogens is 1. The predicted molar refractivity (Wildman–Crippen MR) is 126 cm³/mol. The fraction of sp³-hybridized carbons (Fsp3) is 0.409. The Morgan fingerprint density at radius 1 is 1.10 bits per heavy atom. The molecule has 0 bridgehead atoms. The first-order valence-corrected chi connectivity index (χ1v) is 9.82. The van der Waals surface area contributed by atoms with E-state index >= 15 is 0 Å². The van der Waals surface area contributed by atoms with Crippen LogP contribution in [-0.4, -0.2) is 32.5 Å². The fourth-order valence-electron chi connectivity index (χ4n) is 3.82. The summed E-state index contributed by atoms with van der Waals surface area (Å²) in [5, 5.41) is 3.22. The molecule has 0 aromatic heterocycles. The molecule has 1 fully saturated rings. The molecule has 7 heteroatoms. The van der Waals surface area contributed by atoms with E-state index < -0.39 is 0 Å². The summed E-state index contributed by atoms with van der Waals surface area (Å²) in [6.45, 7) is 4.45. The van der Waals surface area contributed by atoms with E-state index in [1.54, 1.807) is 0 Å². The lowest BCUT2D eigenvalue weighted by Crippen LogP contribution is -2.38. The van der Waals surface area contributed by atoms with Crippen molar-refractivity contribution >= 4 is 35.6 Å². The largest absolute Gasteiger partial charge is 0.454 e. The third-order valence-corrected chi connectivity index (χ3v) is 5.59. The molecule has 2 heterocycles. The topological polar surface area (TPSA) is 78.1 Å². The Labute approximate surface area is 188 Å². The first kappa shape index (κ1) is 21.7. The number of aryl methyl sites for hydroxylation is 1. The maximum Gasteiger partial charge on any atom is 0.231 e. The summed E-state index contributed by atoms with van der Waals surface area (Å²) >= 11 is 0. The first-order valence-electron chi connectivity index (χ1n) is 9.82. The molecule has 2 aromatic carbocycles. The summed E-state index contributed by atoms with van der Waals surface area (Å²) in [5.41, 5.74) is 9.51. The predicted octanol–water partition coefficient (Wildman–Crippen LogP) is 4.07. The number of aliphatic imine (C=N–C) groups is 1. The molecule has 4 rings (SSSR count). The number of fused-ring (bicyclic) bond motifs is 1. The molecule has 0 spiro atoms. The number of guanidine groups is 1. The Kier molecular flexibility index (Phi) is 7.23. The Morgan fingerprint density at radius 2 is 1.90 bits per heavy atom. The number of benzene rings is 2. The molecule has 3 N–H and O–H groups in total. The third kappa shape index (κ3) is 4.95. The zero-order chi connectivity index (χ0) is 19.4. The third-order valence-electron chi connectivity index (χ3n) is 5.59. The van der Waals surface area contributed by atoms with Gasteiger partial charge in [-0.3, -0.25) is 4.99 Å². The van der Waals surface area contributed by atoms with Crippen LogP contribution in [0.2, 0.25) is 0 Å². The quantitative estimate of drug-likeness (QED) is 0.361. The SMILES string of the molecule is CCc1cccc(NC(N)=NCC2(c3ccc4c(c3)OCO4)CCOCC2)c1.I. The Hall–Kier alpha value is -2.00. The van der Waals surface area contributed by atoms with Gasteiger partial charge in [-0.05, 0) is 54.7 Å². The van der Waals surface area contributed by atoms with Crippen LogP contribution in [0.3, 0.4) is 0 Å². The second-order valence-corrected chi connectivity index (χ2v) is 7.34. The van der Waals surface area contributed by atoms with Crippen LogP contribution in [0.1, 0.15) is 30.9 Å². The van der Waals surface area contributed by atoms with E-state index in [0.29, 0.717) is 12.5 Å². The van der Waals surface area contributed by atoms with Crippen LogP contribution in [-0.2, 0) is 16.6 Å². The highest BCUT2D eigenvalue weighted by Crippen LogP contribution is 2.41. The van der Waals surface area contributed by atoms with E-state index in [9.17, 15) is 0 Å². The summed E-state index contributed by atoms with van der Waals surface area (Å²) in [5.74, 6) is 2.03. The van der Waals surface area contributed by atoms with E-state index in [1.807, 2.05) is 18.2 Å². The van der Waals surface area contributed by atoms with Crippen molar-refractivity contribution in [2.24, 2.45) is 10.7 Å². The summed E-state index contributed by atoms with van der Waals surface area (Å²) in [6.07, 6.45) is 2.78. The number of nitrogens with two attached hydrogens (primary N) is 1. The van der Waals surface area contributed by atoms with Crippen LogP contribution >= 0.6 is 24.0 Å². The second-order valence-electron chi connectivity index (χ2n) is 7.34. The number of hydrogen-bond donors (Lipinski definition) is 2. The minimum absolute atomic E-state index is 0. The molecule has 0 amide bonds. The highest BCUT2D eigenvalue weighted by Gasteiger charge is 2.35. The monoisotopic (exact) mass is 509 g/mol. The number of hydrogen-bond acceptors (Lipinski definition) is 4. The zero-order valence-corrected chi connectivity index (χ0v) is 19.0. The Balaban J connectivity index is 0.00000240. The van der Waals surface area contributed by atoms with Gasteiger partial charge in [-0.2, -0.15) is 0 Å². The Morgan fingerprint density at radius 3 is 2.69 bits per heavy atom. The van der Waals surface area contributed by atoms with Crippen molar-refractivity contribution in [2.75, 3.05) is 31.9 Å². The molecular formula is C22H28IN3O3. The Bertz CT molecular complexity index is 866. The molecule has 2 aliphatic rings. The first-order chi connectivity index (χ1) is 13.7. The van der Waals surface area contributed by atoms with Gasteiger partial charge >= 0.3 is 0 Å². The van der Waals surface area contributed by atoms with Crippen LogP contribution in [0.5, 0.6) is 11.5 Å². The zero-order valence-electron chi connectivity index (χ0n) is 16.6. The maximum absolute atomic E-state index is 6.20. The molecule has 156 valence electrons. The van der Waals surface area contributed by atoms with Crippen LogP contribution < -0.4 is 20.5 Å². The molecule has 0 atom stereocenters.